The number of benzene rings is 2. The van der Waals surface area contributed by atoms with Crippen LogP contribution in [0.2, 0.25) is 0 Å². The normalized spacial score (nSPS) is 13.4. The Labute approximate surface area is 129 Å². The largest absolute Gasteiger partial charge is 0.497 e. The quantitative estimate of drug-likeness (QED) is 0.729. The Balaban J connectivity index is 2.16. The van der Waals surface area contributed by atoms with Crippen LogP contribution in [0.3, 0.4) is 0 Å². The fraction of sp³-hybridized carbons (Fsp3) is 0.235. The number of carboxylic acids is 1. The average molecular weight is 301 g/mol. The summed E-state index contributed by atoms with van der Waals surface area (Å²) >= 11 is 0. The minimum absolute atomic E-state index is 0.460. The molecule has 2 rings (SSSR count). The molecule has 0 aliphatic carbocycles. The molecule has 5 heteroatoms. The van der Waals surface area contributed by atoms with E-state index in [0.29, 0.717) is 17.9 Å². The number of methoxy groups -OCH3 is 1. The number of aliphatic hydroxyl groups is 1. The van der Waals surface area contributed by atoms with Crippen LogP contribution >= 0.6 is 0 Å². The van der Waals surface area contributed by atoms with E-state index in [1.54, 1.807) is 31.4 Å². The van der Waals surface area contributed by atoms with E-state index in [0.717, 1.165) is 5.56 Å². The molecule has 0 aliphatic heterocycles. The summed E-state index contributed by atoms with van der Waals surface area (Å²) in [4.78, 5) is 11.1. The molecule has 2 atom stereocenters. The molecule has 0 bridgehead atoms. The third-order valence-electron chi connectivity index (χ3n) is 3.41. The summed E-state index contributed by atoms with van der Waals surface area (Å²) in [6.07, 6.45) is -1.53. The van der Waals surface area contributed by atoms with E-state index in [1.165, 1.54) is 0 Å². The van der Waals surface area contributed by atoms with Crippen molar-refractivity contribution >= 4 is 5.97 Å². The van der Waals surface area contributed by atoms with Crippen LogP contribution in [-0.2, 0) is 11.3 Å². The van der Waals surface area contributed by atoms with Crippen LogP contribution in [-0.4, -0.2) is 29.4 Å². The van der Waals surface area contributed by atoms with Gasteiger partial charge in [0.1, 0.15) is 5.75 Å². The lowest BCUT2D eigenvalue weighted by Gasteiger charge is -2.22. The van der Waals surface area contributed by atoms with Crippen molar-refractivity contribution in [3.63, 3.8) is 0 Å². The Bertz CT molecular complexity index is 598. The number of ether oxygens (including phenoxy) is 1. The maximum Gasteiger partial charge on any atom is 0.334 e. The molecular weight excluding hydrogens is 282 g/mol. The van der Waals surface area contributed by atoms with Crippen LogP contribution in [0.4, 0.5) is 0 Å². The molecule has 2 aromatic rings. The van der Waals surface area contributed by atoms with E-state index in [1.807, 2.05) is 30.3 Å². The lowest BCUT2D eigenvalue weighted by Crippen LogP contribution is -2.37. The van der Waals surface area contributed by atoms with Crippen LogP contribution in [0.25, 0.3) is 0 Å². The Morgan fingerprint density at radius 2 is 1.77 bits per heavy atom. The van der Waals surface area contributed by atoms with Crippen molar-refractivity contribution in [2.75, 3.05) is 7.11 Å². The zero-order chi connectivity index (χ0) is 15.9. The SMILES string of the molecule is COc1ccc([C@@H](NCc2ccccc2)[C@H](O)C(=O)O)cc1. The van der Waals surface area contributed by atoms with Crippen molar-refractivity contribution in [1.29, 1.82) is 0 Å². The van der Waals surface area contributed by atoms with Crippen LogP contribution in [0.15, 0.2) is 54.6 Å². The molecule has 5 nitrogen and oxygen atoms in total. The highest BCUT2D eigenvalue weighted by Crippen LogP contribution is 2.21. The number of nitrogens with one attached hydrogen (secondary N) is 1. The number of aliphatic carboxylic acids is 1. The van der Waals surface area contributed by atoms with Crippen LogP contribution in [0.1, 0.15) is 17.2 Å². The van der Waals surface area contributed by atoms with E-state index >= 15 is 0 Å². The molecule has 0 unspecified atom stereocenters. The van der Waals surface area contributed by atoms with E-state index in [-0.39, 0.29) is 0 Å². The van der Waals surface area contributed by atoms with Crippen molar-refractivity contribution in [1.82, 2.24) is 5.32 Å². The van der Waals surface area contributed by atoms with Gasteiger partial charge in [-0.15, -0.1) is 0 Å². The predicted molar refractivity (Wildman–Crippen MR) is 82.7 cm³/mol. The minimum Gasteiger partial charge on any atom is -0.497 e. The van der Waals surface area contributed by atoms with Crippen molar-refractivity contribution in [2.24, 2.45) is 0 Å². The fourth-order valence-electron chi connectivity index (χ4n) is 2.19. The number of rotatable bonds is 7. The summed E-state index contributed by atoms with van der Waals surface area (Å²) in [6, 6.07) is 15.9. The van der Waals surface area contributed by atoms with Gasteiger partial charge in [0.05, 0.1) is 13.2 Å². The molecule has 0 aliphatic rings. The first-order valence-corrected chi connectivity index (χ1v) is 6.94. The first-order chi connectivity index (χ1) is 10.6. The van der Waals surface area contributed by atoms with Gasteiger partial charge < -0.3 is 20.3 Å². The number of hydrogen-bond donors (Lipinski definition) is 3. The van der Waals surface area contributed by atoms with Gasteiger partial charge in [0.15, 0.2) is 6.10 Å². The zero-order valence-electron chi connectivity index (χ0n) is 12.3. The van der Waals surface area contributed by atoms with E-state index < -0.39 is 18.1 Å². The van der Waals surface area contributed by atoms with Gasteiger partial charge in [0.2, 0.25) is 0 Å². The molecule has 22 heavy (non-hydrogen) atoms. The Morgan fingerprint density at radius 1 is 1.14 bits per heavy atom. The van der Waals surface area contributed by atoms with Crippen molar-refractivity contribution < 1.29 is 19.7 Å². The van der Waals surface area contributed by atoms with Crippen LogP contribution in [0, 0.1) is 0 Å². The second kappa shape index (κ2) is 7.59. The van der Waals surface area contributed by atoms with Gasteiger partial charge >= 0.3 is 5.97 Å². The van der Waals surface area contributed by atoms with Gasteiger partial charge in [-0.3, -0.25) is 0 Å². The maximum absolute atomic E-state index is 11.1. The number of carboxylic acid groups (broad SMARTS) is 1. The summed E-state index contributed by atoms with van der Waals surface area (Å²) in [5, 5.41) is 22.1. The van der Waals surface area contributed by atoms with Gasteiger partial charge in [0.25, 0.3) is 0 Å². The summed E-state index contributed by atoms with van der Waals surface area (Å²) in [7, 11) is 1.56. The van der Waals surface area contributed by atoms with Gasteiger partial charge in [-0.05, 0) is 23.3 Å². The maximum atomic E-state index is 11.1. The van der Waals surface area contributed by atoms with Gasteiger partial charge in [0, 0.05) is 6.54 Å². The standard InChI is InChI=1S/C17H19NO4/c1-22-14-9-7-13(8-10-14)15(16(19)17(20)21)18-11-12-5-3-2-4-6-12/h2-10,15-16,18-19H,11H2,1H3,(H,20,21)/t15-,16+/m1/s1. The summed E-state index contributed by atoms with van der Waals surface area (Å²) in [6.45, 7) is 0.460. The van der Waals surface area contributed by atoms with Crippen molar-refractivity contribution in [2.45, 2.75) is 18.7 Å². The van der Waals surface area contributed by atoms with Crippen molar-refractivity contribution in [3.05, 3.63) is 65.7 Å². The molecule has 0 radical (unpaired) electrons. The highest BCUT2D eigenvalue weighted by molar-refractivity contribution is 5.73. The molecule has 0 saturated heterocycles. The smallest absolute Gasteiger partial charge is 0.334 e. The third-order valence-corrected chi connectivity index (χ3v) is 3.41. The average Bonchev–Trinajstić information content (AvgIpc) is 2.56. The lowest BCUT2D eigenvalue weighted by molar-refractivity contribution is -0.148. The van der Waals surface area contributed by atoms with Crippen LogP contribution < -0.4 is 10.1 Å². The van der Waals surface area contributed by atoms with Gasteiger partial charge in [-0.1, -0.05) is 42.5 Å². The summed E-state index contributed by atoms with van der Waals surface area (Å²) in [5.41, 5.74) is 1.70. The number of aliphatic hydroxyl groups excluding tert-OH is 1. The highest BCUT2D eigenvalue weighted by Gasteiger charge is 2.26. The molecular formula is C17H19NO4. The molecule has 0 heterocycles. The molecule has 2 aromatic carbocycles. The lowest BCUT2D eigenvalue weighted by atomic mass is 10.0. The number of hydrogen-bond acceptors (Lipinski definition) is 4. The Kier molecular flexibility index (Phi) is 5.52. The molecule has 0 aromatic heterocycles. The Hall–Kier alpha value is -2.37. The molecule has 0 amide bonds. The topological polar surface area (TPSA) is 78.8 Å². The summed E-state index contributed by atoms with van der Waals surface area (Å²) < 4.78 is 5.09. The van der Waals surface area contributed by atoms with E-state index in [2.05, 4.69) is 5.32 Å². The second-order valence-corrected chi connectivity index (χ2v) is 4.90. The van der Waals surface area contributed by atoms with Gasteiger partial charge in [-0.2, -0.15) is 0 Å². The van der Waals surface area contributed by atoms with Gasteiger partial charge in [-0.25, -0.2) is 4.79 Å². The van der Waals surface area contributed by atoms with Crippen LogP contribution in [0.5, 0.6) is 5.75 Å². The second-order valence-electron chi connectivity index (χ2n) is 4.90. The molecule has 116 valence electrons. The highest BCUT2D eigenvalue weighted by atomic mass is 16.5. The van der Waals surface area contributed by atoms with Crippen molar-refractivity contribution in [3.8, 4) is 5.75 Å². The molecule has 0 fully saturated rings. The number of carbonyl (C=O) groups is 1. The minimum atomic E-state index is -1.53. The summed E-state index contributed by atoms with van der Waals surface area (Å²) in [5.74, 6) is -0.586. The van der Waals surface area contributed by atoms with E-state index in [9.17, 15) is 9.90 Å². The fourth-order valence-corrected chi connectivity index (χ4v) is 2.19. The predicted octanol–water partition coefficient (Wildman–Crippen LogP) is 1.97. The monoisotopic (exact) mass is 301 g/mol. The third kappa shape index (κ3) is 4.07. The molecule has 3 N–H and O–H groups in total. The van der Waals surface area contributed by atoms with E-state index in [4.69, 9.17) is 9.84 Å². The molecule has 0 spiro atoms. The Morgan fingerprint density at radius 3 is 2.32 bits per heavy atom. The zero-order valence-corrected chi connectivity index (χ0v) is 12.3. The first-order valence-electron chi connectivity index (χ1n) is 6.94. The molecule has 0 saturated carbocycles. The first kappa shape index (κ1) is 16.0.